The fourth-order valence-electron chi connectivity index (χ4n) is 1.81. The summed E-state index contributed by atoms with van der Waals surface area (Å²) in [5.41, 5.74) is 6.87. The van der Waals surface area contributed by atoms with Crippen LogP contribution in [0, 0.1) is 0 Å². The molecule has 6 nitrogen and oxygen atoms in total. The van der Waals surface area contributed by atoms with E-state index in [-0.39, 0.29) is 4.99 Å². The molecule has 1 aromatic carbocycles. The molecule has 0 spiro atoms. The van der Waals surface area contributed by atoms with Crippen LogP contribution in [0.25, 0.3) is 0 Å². The summed E-state index contributed by atoms with van der Waals surface area (Å²) >= 11 is 4.89. The van der Waals surface area contributed by atoms with Crippen molar-refractivity contribution in [2.24, 2.45) is 5.73 Å². The number of nitrogens with zero attached hydrogens (tertiary/aromatic N) is 2. The molecule has 0 saturated carbocycles. The van der Waals surface area contributed by atoms with E-state index in [9.17, 15) is 0 Å². The third kappa shape index (κ3) is 2.62. The Hall–Kier alpha value is -2.41. The zero-order valence-corrected chi connectivity index (χ0v) is 11.3. The van der Waals surface area contributed by atoms with Gasteiger partial charge in [-0.1, -0.05) is 12.2 Å². The van der Waals surface area contributed by atoms with E-state index >= 15 is 0 Å². The fourth-order valence-corrected chi connectivity index (χ4v) is 1.92. The molecule has 3 N–H and O–H groups in total. The Bertz CT molecular complexity index is 663. The van der Waals surface area contributed by atoms with Crippen LogP contribution in [0.3, 0.4) is 0 Å². The maximum absolute atomic E-state index is 5.54. The molecule has 0 amide bonds. The largest absolute Gasteiger partial charge is 0.486 e. The van der Waals surface area contributed by atoms with E-state index in [0.29, 0.717) is 30.6 Å². The molecule has 0 saturated heterocycles. The second kappa shape index (κ2) is 5.30. The van der Waals surface area contributed by atoms with Gasteiger partial charge in [0.15, 0.2) is 11.5 Å². The number of ether oxygens (including phenoxy) is 2. The SMILES string of the molecule is NC(=S)c1ccnc(Nc2ccc3c(c2)OCCO3)n1. The van der Waals surface area contributed by atoms with Crippen LogP contribution >= 0.6 is 12.2 Å². The minimum absolute atomic E-state index is 0.234. The molecule has 0 aliphatic carbocycles. The summed E-state index contributed by atoms with van der Waals surface area (Å²) in [6.45, 7) is 1.11. The molecule has 1 aromatic heterocycles. The van der Waals surface area contributed by atoms with Gasteiger partial charge in [-0.25, -0.2) is 9.97 Å². The normalized spacial score (nSPS) is 12.8. The topological polar surface area (TPSA) is 82.3 Å². The van der Waals surface area contributed by atoms with Gasteiger partial charge in [0.1, 0.15) is 23.9 Å². The molecule has 0 bridgehead atoms. The molecule has 7 heteroatoms. The summed E-state index contributed by atoms with van der Waals surface area (Å²) in [6.07, 6.45) is 1.60. The van der Waals surface area contributed by atoms with E-state index in [4.69, 9.17) is 27.4 Å². The molecule has 1 aliphatic heterocycles. The molecular weight excluding hydrogens is 276 g/mol. The van der Waals surface area contributed by atoms with Gasteiger partial charge < -0.3 is 20.5 Å². The number of nitrogens with two attached hydrogens (primary N) is 1. The van der Waals surface area contributed by atoms with Crippen molar-refractivity contribution in [2.75, 3.05) is 18.5 Å². The van der Waals surface area contributed by atoms with E-state index < -0.39 is 0 Å². The number of thiocarbonyl (C=S) groups is 1. The molecular formula is C13H12N4O2S. The van der Waals surface area contributed by atoms with Gasteiger partial charge in [-0.05, 0) is 18.2 Å². The van der Waals surface area contributed by atoms with Gasteiger partial charge in [0.05, 0.1) is 0 Å². The summed E-state index contributed by atoms with van der Waals surface area (Å²) in [5.74, 6) is 1.86. The molecule has 0 unspecified atom stereocenters. The lowest BCUT2D eigenvalue weighted by Crippen LogP contribution is -2.15. The van der Waals surface area contributed by atoms with Crippen LogP contribution in [0.15, 0.2) is 30.5 Å². The van der Waals surface area contributed by atoms with Crippen LogP contribution in [0.4, 0.5) is 11.6 Å². The summed E-state index contributed by atoms with van der Waals surface area (Å²) in [6, 6.07) is 7.21. The van der Waals surface area contributed by atoms with E-state index in [0.717, 1.165) is 11.4 Å². The first-order chi connectivity index (χ1) is 9.72. The molecule has 2 aromatic rings. The van der Waals surface area contributed by atoms with E-state index in [1.165, 1.54) is 0 Å². The fraction of sp³-hybridized carbons (Fsp3) is 0.154. The standard InChI is InChI=1S/C13H12N4O2S/c14-12(20)9-3-4-15-13(17-9)16-8-1-2-10-11(7-8)19-6-5-18-10/h1-4,7H,5-6H2,(H2,14,20)(H,15,16,17). The van der Waals surface area contributed by atoms with Gasteiger partial charge in [0.25, 0.3) is 0 Å². The maximum atomic E-state index is 5.54. The van der Waals surface area contributed by atoms with E-state index in [1.54, 1.807) is 12.3 Å². The van der Waals surface area contributed by atoms with Crippen LogP contribution in [-0.2, 0) is 0 Å². The van der Waals surface area contributed by atoms with Crippen LogP contribution in [0.1, 0.15) is 5.69 Å². The number of hydrogen-bond acceptors (Lipinski definition) is 6. The molecule has 2 heterocycles. The summed E-state index contributed by atoms with van der Waals surface area (Å²) in [4.78, 5) is 8.57. The van der Waals surface area contributed by atoms with Crippen molar-refractivity contribution >= 4 is 28.8 Å². The van der Waals surface area contributed by atoms with E-state index in [2.05, 4.69) is 15.3 Å². The van der Waals surface area contributed by atoms with Crippen molar-refractivity contribution in [1.29, 1.82) is 0 Å². The summed E-state index contributed by atoms with van der Waals surface area (Å²) < 4.78 is 11.0. The average Bonchev–Trinajstić information content (AvgIpc) is 2.47. The molecule has 0 atom stereocenters. The second-order valence-electron chi connectivity index (χ2n) is 4.11. The smallest absolute Gasteiger partial charge is 0.227 e. The number of nitrogens with one attached hydrogen (secondary N) is 1. The Morgan fingerprint density at radius 3 is 2.80 bits per heavy atom. The van der Waals surface area contributed by atoms with Gasteiger partial charge >= 0.3 is 0 Å². The first-order valence-corrected chi connectivity index (χ1v) is 6.43. The van der Waals surface area contributed by atoms with Crippen LogP contribution in [0.5, 0.6) is 11.5 Å². The highest BCUT2D eigenvalue weighted by Crippen LogP contribution is 2.33. The van der Waals surface area contributed by atoms with Crippen molar-refractivity contribution < 1.29 is 9.47 Å². The van der Waals surface area contributed by atoms with E-state index in [1.807, 2.05) is 18.2 Å². The Balaban J connectivity index is 1.84. The van der Waals surface area contributed by atoms with Crippen molar-refractivity contribution in [3.8, 4) is 11.5 Å². The molecule has 3 rings (SSSR count). The highest BCUT2D eigenvalue weighted by molar-refractivity contribution is 7.80. The summed E-state index contributed by atoms with van der Waals surface area (Å²) in [7, 11) is 0. The Morgan fingerprint density at radius 1 is 1.20 bits per heavy atom. The summed E-state index contributed by atoms with van der Waals surface area (Å²) in [5, 5.41) is 3.08. The average molecular weight is 288 g/mol. The number of fused-ring (bicyclic) bond motifs is 1. The van der Waals surface area contributed by atoms with Gasteiger partial charge in [-0.3, -0.25) is 0 Å². The third-order valence-electron chi connectivity index (χ3n) is 2.71. The predicted molar refractivity (Wildman–Crippen MR) is 78.6 cm³/mol. The van der Waals surface area contributed by atoms with Crippen LogP contribution < -0.4 is 20.5 Å². The second-order valence-corrected chi connectivity index (χ2v) is 4.55. The molecule has 0 fully saturated rings. The number of hydrogen-bond donors (Lipinski definition) is 2. The zero-order valence-electron chi connectivity index (χ0n) is 10.5. The lowest BCUT2D eigenvalue weighted by Gasteiger charge is -2.19. The quantitative estimate of drug-likeness (QED) is 0.830. The predicted octanol–water partition coefficient (Wildman–Crippen LogP) is 1.63. The number of rotatable bonds is 3. The Kier molecular flexibility index (Phi) is 3.34. The zero-order chi connectivity index (χ0) is 13.9. The molecule has 102 valence electrons. The van der Waals surface area contributed by atoms with Crippen molar-refractivity contribution in [2.45, 2.75) is 0 Å². The van der Waals surface area contributed by atoms with Crippen molar-refractivity contribution in [3.63, 3.8) is 0 Å². The minimum atomic E-state index is 0.234. The highest BCUT2D eigenvalue weighted by atomic mass is 32.1. The molecule has 20 heavy (non-hydrogen) atoms. The number of anilines is 2. The lowest BCUT2D eigenvalue weighted by atomic mass is 10.2. The highest BCUT2D eigenvalue weighted by Gasteiger charge is 2.12. The minimum Gasteiger partial charge on any atom is -0.486 e. The Morgan fingerprint density at radius 2 is 2.00 bits per heavy atom. The maximum Gasteiger partial charge on any atom is 0.227 e. The first kappa shape index (κ1) is 12.6. The Labute approximate surface area is 120 Å². The lowest BCUT2D eigenvalue weighted by molar-refractivity contribution is 0.171. The van der Waals surface area contributed by atoms with Gasteiger partial charge in [0.2, 0.25) is 5.95 Å². The van der Waals surface area contributed by atoms with Gasteiger partial charge in [-0.15, -0.1) is 0 Å². The van der Waals surface area contributed by atoms with Gasteiger partial charge in [-0.2, -0.15) is 0 Å². The number of aromatic nitrogens is 2. The number of benzene rings is 1. The molecule has 1 aliphatic rings. The van der Waals surface area contributed by atoms with Crippen LogP contribution in [0.2, 0.25) is 0 Å². The van der Waals surface area contributed by atoms with Crippen molar-refractivity contribution in [3.05, 3.63) is 36.2 Å². The van der Waals surface area contributed by atoms with Crippen molar-refractivity contribution in [1.82, 2.24) is 9.97 Å². The van der Waals surface area contributed by atoms with Gasteiger partial charge in [0, 0.05) is 18.0 Å². The monoisotopic (exact) mass is 288 g/mol. The third-order valence-corrected chi connectivity index (χ3v) is 2.92. The van der Waals surface area contributed by atoms with Crippen LogP contribution in [-0.4, -0.2) is 28.2 Å². The molecule has 0 radical (unpaired) electrons. The first-order valence-electron chi connectivity index (χ1n) is 6.02.